The predicted molar refractivity (Wildman–Crippen MR) is 107 cm³/mol. The molecule has 28 heavy (non-hydrogen) atoms. The van der Waals surface area contributed by atoms with E-state index in [1.165, 1.54) is 11.6 Å². The third-order valence-corrected chi connectivity index (χ3v) is 6.85. The summed E-state index contributed by atoms with van der Waals surface area (Å²) in [5.41, 5.74) is 2.21. The van der Waals surface area contributed by atoms with E-state index in [-0.39, 0.29) is 11.2 Å². The standard InChI is InChI=1S/C23H25FN2O2/c1-15-18(5-4-6-19(15)24)23(21(27)28)11-9-22(2,10-12-23)17-8-7-16-14-25-26(3)20(16)13-17/h4-8,13-14H,9-12H2,1-3H3,(H,27,28)/t22-,23-. The third-order valence-electron chi connectivity index (χ3n) is 6.85. The van der Waals surface area contributed by atoms with Crippen LogP contribution >= 0.6 is 0 Å². The fourth-order valence-electron chi connectivity index (χ4n) is 4.76. The minimum absolute atomic E-state index is 0.112. The maximum Gasteiger partial charge on any atom is 0.314 e. The van der Waals surface area contributed by atoms with Gasteiger partial charge in [0.2, 0.25) is 0 Å². The average Bonchev–Trinajstić information content (AvgIpc) is 3.05. The van der Waals surface area contributed by atoms with Crippen LogP contribution in [0, 0.1) is 12.7 Å². The highest BCUT2D eigenvalue weighted by atomic mass is 19.1. The second-order valence-corrected chi connectivity index (χ2v) is 8.40. The van der Waals surface area contributed by atoms with Crippen molar-refractivity contribution in [3.05, 3.63) is 65.1 Å². The Hall–Kier alpha value is -2.69. The first kappa shape index (κ1) is 18.7. The van der Waals surface area contributed by atoms with Gasteiger partial charge in [-0.05, 0) is 66.8 Å². The highest BCUT2D eigenvalue weighted by Crippen LogP contribution is 2.49. The Morgan fingerprint density at radius 3 is 2.57 bits per heavy atom. The van der Waals surface area contributed by atoms with Gasteiger partial charge in [0.1, 0.15) is 5.82 Å². The molecule has 1 aliphatic carbocycles. The van der Waals surface area contributed by atoms with Crippen molar-refractivity contribution in [3.8, 4) is 0 Å². The van der Waals surface area contributed by atoms with Crippen molar-refractivity contribution in [1.82, 2.24) is 9.78 Å². The molecule has 0 amide bonds. The number of aryl methyl sites for hydroxylation is 1. The molecule has 1 fully saturated rings. The van der Waals surface area contributed by atoms with E-state index in [9.17, 15) is 14.3 Å². The van der Waals surface area contributed by atoms with Crippen molar-refractivity contribution >= 4 is 16.9 Å². The molecule has 0 bridgehead atoms. The number of halogens is 1. The molecule has 0 spiro atoms. The fraction of sp³-hybridized carbons (Fsp3) is 0.391. The molecule has 0 saturated heterocycles. The van der Waals surface area contributed by atoms with Gasteiger partial charge in [0.25, 0.3) is 0 Å². The van der Waals surface area contributed by atoms with E-state index in [4.69, 9.17) is 0 Å². The average molecular weight is 380 g/mol. The molecule has 1 heterocycles. The highest BCUT2D eigenvalue weighted by molar-refractivity contribution is 5.82. The van der Waals surface area contributed by atoms with Crippen LogP contribution in [0.15, 0.2) is 42.6 Å². The number of nitrogens with zero attached hydrogens (tertiary/aromatic N) is 2. The largest absolute Gasteiger partial charge is 0.481 e. The smallest absolute Gasteiger partial charge is 0.314 e. The number of rotatable bonds is 3. The van der Waals surface area contributed by atoms with Crippen LogP contribution in [-0.2, 0) is 22.7 Å². The van der Waals surface area contributed by atoms with Crippen LogP contribution in [0.5, 0.6) is 0 Å². The van der Waals surface area contributed by atoms with E-state index in [0.717, 1.165) is 23.7 Å². The lowest BCUT2D eigenvalue weighted by molar-refractivity contribution is -0.145. The van der Waals surface area contributed by atoms with Crippen LogP contribution in [0.3, 0.4) is 0 Å². The lowest BCUT2D eigenvalue weighted by atomic mass is 9.59. The number of carboxylic acid groups (broad SMARTS) is 1. The molecule has 3 aromatic rings. The van der Waals surface area contributed by atoms with Crippen molar-refractivity contribution in [2.45, 2.75) is 50.4 Å². The monoisotopic (exact) mass is 380 g/mol. The van der Waals surface area contributed by atoms with Gasteiger partial charge in [-0.2, -0.15) is 5.10 Å². The van der Waals surface area contributed by atoms with Gasteiger partial charge in [0.15, 0.2) is 0 Å². The van der Waals surface area contributed by atoms with Gasteiger partial charge in [0.05, 0.1) is 17.1 Å². The van der Waals surface area contributed by atoms with Crippen LogP contribution in [0.1, 0.15) is 49.3 Å². The number of carbonyl (C=O) groups is 1. The number of benzene rings is 2. The van der Waals surface area contributed by atoms with Gasteiger partial charge >= 0.3 is 5.97 Å². The van der Waals surface area contributed by atoms with Crippen LogP contribution in [0.4, 0.5) is 4.39 Å². The van der Waals surface area contributed by atoms with Gasteiger partial charge < -0.3 is 5.11 Å². The van der Waals surface area contributed by atoms with Crippen molar-refractivity contribution in [2.24, 2.45) is 7.05 Å². The summed E-state index contributed by atoms with van der Waals surface area (Å²) in [6.07, 6.45) is 4.31. The minimum atomic E-state index is -1.03. The summed E-state index contributed by atoms with van der Waals surface area (Å²) in [7, 11) is 1.93. The maximum absolute atomic E-state index is 14.1. The molecule has 1 aromatic heterocycles. The number of hydrogen-bond donors (Lipinski definition) is 1. The second kappa shape index (κ2) is 6.43. The summed E-state index contributed by atoms with van der Waals surface area (Å²) in [5, 5.41) is 15.5. The fourth-order valence-corrected chi connectivity index (χ4v) is 4.76. The summed E-state index contributed by atoms with van der Waals surface area (Å²) in [6.45, 7) is 3.88. The number of fused-ring (bicyclic) bond motifs is 1. The van der Waals surface area contributed by atoms with Gasteiger partial charge in [-0.15, -0.1) is 0 Å². The zero-order chi connectivity index (χ0) is 20.1. The van der Waals surface area contributed by atoms with Crippen LogP contribution < -0.4 is 0 Å². The molecular formula is C23H25FN2O2. The highest BCUT2D eigenvalue weighted by Gasteiger charge is 2.48. The molecule has 1 saturated carbocycles. The number of aliphatic carboxylic acids is 1. The Balaban J connectivity index is 1.70. The molecule has 1 N–H and O–H groups in total. The SMILES string of the molecule is Cc1c(F)cccc1[C@]1(C(=O)O)CC[C@](C)(c2ccc3cnn(C)c3c2)CC1. The first-order chi connectivity index (χ1) is 13.3. The molecule has 2 aromatic carbocycles. The molecule has 0 radical (unpaired) electrons. The Morgan fingerprint density at radius 1 is 1.18 bits per heavy atom. The predicted octanol–water partition coefficient (Wildman–Crippen LogP) is 4.88. The van der Waals surface area contributed by atoms with Crippen molar-refractivity contribution in [1.29, 1.82) is 0 Å². The molecule has 1 aliphatic rings. The molecule has 0 unspecified atom stereocenters. The van der Waals surface area contributed by atoms with E-state index >= 15 is 0 Å². The third kappa shape index (κ3) is 2.72. The number of hydrogen-bond acceptors (Lipinski definition) is 2. The summed E-state index contributed by atoms with van der Waals surface area (Å²) < 4.78 is 16.0. The molecule has 0 aliphatic heterocycles. The van der Waals surface area contributed by atoms with Crippen LogP contribution in [0.25, 0.3) is 10.9 Å². The van der Waals surface area contributed by atoms with E-state index in [1.807, 2.05) is 17.9 Å². The lowest BCUT2D eigenvalue weighted by Crippen LogP contribution is -2.44. The Kier molecular flexibility index (Phi) is 4.29. The maximum atomic E-state index is 14.1. The van der Waals surface area contributed by atoms with Crippen LogP contribution in [-0.4, -0.2) is 20.9 Å². The Labute approximate surface area is 164 Å². The lowest BCUT2D eigenvalue weighted by Gasteiger charge is -2.43. The molecular weight excluding hydrogens is 355 g/mol. The topological polar surface area (TPSA) is 55.1 Å². The Bertz CT molecular complexity index is 1060. The number of carboxylic acids is 1. The van der Waals surface area contributed by atoms with Crippen molar-refractivity contribution in [2.75, 3.05) is 0 Å². The Morgan fingerprint density at radius 2 is 1.89 bits per heavy atom. The van der Waals surface area contributed by atoms with Crippen molar-refractivity contribution in [3.63, 3.8) is 0 Å². The zero-order valence-corrected chi connectivity index (χ0v) is 16.5. The first-order valence-corrected chi connectivity index (χ1v) is 9.68. The normalized spacial score (nSPS) is 25.1. The summed E-state index contributed by atoms with van der Waals surface area (Å²) in [6, 6.07) is 11.2. The zero-order valence-electron chi connectivity index (χ0n) is 16.5. The van der Waals surface area contributed by atoms with E-state index in [0.29, 0.717) is 24.0 Å². The molecule has 5 heteroatoms. The molecule has 4 nitrogen and oxygen atoms in total. The van der Waals surface area contributed by atoms with Gasteiger partial charge in [-0.3, -0.25) is 9.48 Å². The van der Waals surface area contributed by atoms with Crippen molar-refractivity contribution < 1.29 is 14.3 Å². The van der Waals surface area contributed by atoms with Gasteiger partial charge in [-0.25, -0.2) is 4.39 Å². The molecule has 146 valence electrons. The van der Waals surface area contributed by atoms with Gasteiger partial charge in [0, 0.05) is 12.4 Å². The van der Waals surface area contributed by atoms with E-state index < -0.39 is 11.4 Å². The summed E-state index contributed by atoms with van der Waals surface area (Å²) in [5.74, 6) is -1.20. The number of aromatic nitrogens is 2. The summed E-state index contributed by atoms with van der Waals surface area (Å²) in [4.78, 5) is 12.3. The van der Waals surface area contributed by atoms with E-state index in [2.05, 4.69) is 30.2 Å². The minimum Gasteiger partial charge on any atom is -0.481 e. The molecule has 4 rings (SSSR count). The molecule has 0 atom stereocenters. The second-order valence-electron chi connectivity index (χ2n) is 8.40. The van der Waals surface area contributed by atoms with Gasteiger partial charge in [-0.1, -0.05) is 31.2 Å². The van der Waals surface area contributed by atoms with Crippen LogP contribution in [0.2, 0.25) is 0 Å². The quantitative estimate of drug-likeness (QED) is 0.705. The summed E-state index contributed by atoms with van der Waals surface area (Å²) >= 11 is 0. The van der Waals surface area contributed by atoms with E-state index in [1.54, 1.807) is 19.1 Å². The first-order valence-electron chi connectivity index (χ1n) is 9.68.